The largest absolute Gasteiger partial charge is 0.334 e. The molecule has 4 bridgehead atoms. The first-order chi connectivity index (χ1) is 10.3. The minimum Gasteiger partial charge on any atom is -0.334 e. The Kier molecular flexibility index (Phi) is 2.52. The Morgan fingerprint density at radius 3 is 2.90 bits per heavy atom. The molecule has 3 heteroatoms. The van der Waals surface area contributed by atoms with Gasteiger partial charge in [-0.25, -0.2) is 0 Å². The summed E-state index contributed by atoms with van der Waals surface area (Å²) in [6.45, 7) is 1.01. The first-order valence-corrected chi connectivity index (χ1v) is 8.91. The Labute approximate surface area is 128 Å². The summed E-state index contributed by atoms with van der Waals surface area (Å²) in [6, 6.07) is 10.9. The van der Waals surface area contributed by atoms with Gasteiger partial charge in [-0.15, -0.1) is 11.3 Å². The number of hydrogen-bond donors (Lipinski definition) is 0. The van der Waals surface area contributed by atoms with Gasteiger partial charge in [-0.2, -0.15) is 0 Å². The summed E-state index contributed by atoms with van der Waals surface area (Å²) in [5.41, 5.74) is 0. The highest BCUT2D eigenvalue weighted by molar-refractivity contribution is 7.20. The summed E-state index contributed by atoms with van der Waals surface area (Å²) in [4.78, 5) is 16.1. The predicted octanol–water partition coefficient (Wildman–Crippen LogP) is 4.16. The van der Waals surface area contributed by atoms with Crippen LogP contribution < -0.4 is 0 Å². The summed E-state index contributed by atoms with van der Waals surface area (Å²) in [7, 11) is 0. The number of carbonyl (C=O) groups excluding carboxylic acids is 1. The van der Waals surface area contributed by atoms with Crippen molar-refractivity contribution in [3.63, 3.8) is 0 Å². The highest BCUT2D eigenvalue weighted by Crippen LogP contribution is 2.52. The maximum atomic E-state index is 13.0. The lowest BCUT2D eigenvalue weighted by molar-refractivity contribution is 0.0614. The van der Waals surface area contributed by atoms with Gasteiger partial charge in [0.1, 0.15) is 0 Å². The molecule has 2 aromatic rings. The first-order valence-electron chi connectivity index (χ1n) is 8.09. The highest BCUT2D eigenvalue weighted by atomic mass is 32.1. The zero-order valence-electron chi connectivity index (χ0n) is 12.0. The third kappa shape index (κ3) is 1.73. The van der Waals surface area contributed by atoms with Crippen LogP contribution in [0.15, 0.2) is 30.3 Å². The standard InChI is InChI=1S/C18H19NOS/c20-18(17-9-12-3-1-2-4-16(12)21-17)19-10-13-7-11-5-6-14(13)15(19)8-11/h1-4,9,11,13-15H,5-8,10H2/t11?,13-,14-,15-/m1/s1. The highest BCUT2D eigenvalue weighted by Gasteiger charge is 2.51. The van der Waals surface area contributed by atoms with Crippen LogP contribution in [0.5, 0.6) is 0 Å². The van der Waals surface area contributed by atoms with E-state index in [1.54, 1.807) is 11.3 Å². The maximum Gasteiger partial charge on any atom is 0.264 e. The van der Waals surface area contributed by atoms with Gasteiger partial charge in [0.2, 0.25) is 0 Å². The molecule has 4 fully saturated rings. The molecule has 0 N–H and O–H groups in total. The summed E-state index contributed by atoms with van der Waals surface area (Å²) in [6.07, 6.45) is 5.40. The van der Waals surface area contributed by atoms with Crippen LogP contribution in [0.2, 0.25) is 0 Å². The topological polar surface area (TPSA) is 20.3 Å². The van der Waals surface area contributed by atoms with E-state index in [2.05, 4.69) is 29.2 Å². The second-order valence-corrected chi connectivity index (χ2v) is 8.10. The molecule has 0 radical (unpaired) electrons. The molecular formula is C18H19NOS. The molecule has 3 aliphatic carbocycles. The summed E-state index contributed by atoms with van der Waals surface area (Å²) >= 11 is 1.66. The van der Waals surface area contributed by atoms with Gasteiger partial charge in [-0.3, -0.25) is 4.79 Å². The molecule has 0 spiro atoms. The van der Waals surface area contributed by atoms with Crippen molar-refractivity contribution in [3.05, 3.63) is 35.2 Å². The van der Waals surface area contributed by atoms with Gasteiger partial charge in [-0.1, -0.05) is 24.6 Å². The predicted molar refractivity (Wildman–Crippen MR) is 85.6 cm³/mol. The molecule has 1 unspecified atom stereocenters. The van der Waals surface area contributed by atoms with Crippen LogP contribution in [0, 0.1) is 17.8 Å². The van der Waals surface area contributed by atoms with Crippen LogP contribution in [-0.4, -0.2) is 23.4 Å². The Balaban J connectivity index is 1.49. The number of benzene rings is 1. The van der Waals surface area contributed by atoms with E-state index in [-0.39, 0.29) is 5.91 Å². The zero-order valence-corrected chi connectivity index (χ0v) is 12.8. The fourth-order valence-electron chi connectivity index (χ4n) is 5.04. The number of amides is 1. The normalized spacial score (nSPS) is 33.8. The summed E-state index contributed by atoms with van der Waals surface area (Å²) in [5.74, 6) is 2.77. The molecule has 2 heterocycles. The van der Waals surface area contributed by atoms with Gasteiger partial charge in [-0.05, 0) is 54.5 Å². The number of likely N-dealkylation sites (tertiary alicyclic amines) is 1. The molecule has 2 nitrogen and oxygen atoms in total. The monoisotopic (exact) mass is 297 g/mol. The number of hydrogen-bond acceptors (Lipinski definition) is 2. The lowest BCUT2D eigenvalue weighted by atomic mass is 9.65. The van der Waals surface area contributed by atoms with Crippen molar-refractivity contribution in [2.24, 2.45) is 17.8 Å². The number of carbonyl (C=O) groups is 1. The molecule has 1 amide bonds. The van der Waals surface area contributed by atoms with Crippen molar-refractivity contribution in [2.45, 2.75) is 31.7 Å². The molecule has 4 atom stereocenters. The third-order valence-electron chi connectivity index (χ3n) is 5.95. The van der Waals surface area contributed by atoms with Crippen LogP contribution in [0.25, 0.3) is 10.1 Å². The maximum absolute atomic E-state index is 13.0. The van der Waals surface area contributed by atoms with E-state index in [0.29, 0.717) is 6.04 Å². The van der Waals surface area contributed by atoms with Crippen molar-refractivity contribution in [2.75, 3.05) is 6.54 Å². The minimum absolute atomic E-state index is 0.288. The van der Waals surface area contributed by atoms with Gasteiger partial charge >= 0.3 is 0 Å². The fourth-order valence-corrected chi connectivity index (χ4v) is 6.06. The van der Waals surface area contributed by atoms with E-state index in [0.717, 1.165) is 29.2 Å². The molecule has 4 aliphatic rings. The quantitative estimate of drug-likeness (QED) is 0.774. The summed E-state index contributed by atoms with van der Waals surface area (Å²) < 4.78 is 1.23. The van der Waals surface area contributed by atoms with Crippen LogP contribution >= 0.6 is 11.3 Å². The molecule has 1 aromatic carbocycles. The van der Waals surface area contributed by atoms with E-state index < -0.39 is 0 Å². The molecule has 1 saturated heterocycles. The number of thiophene rings is 1. The molecule has 3 saturated carbocycles. The SMILES string of the molecule is O=C(c1cc2ccccc2s1)N1C[C@H]2CC3CC[C@H]2[C@H]1C3. The third-order valence-corrected chi connectivity index (χ3v) is 7.05. The summed E-state index contributed by atoms with van der Waals surface area (Å²) in [5, 5.41) is 1.20. The smallest absolute Gasteiger partial charge is 0.264 e. The van der Waals surface area contributed by atoms with E-state index in [9.17, 15) is 4.79 Å². The van der Waals surface area contributed by atoms with E-state index >= 15 is 0 Å². The second kappa shape index (κ2) is 4.33. The van der Waals surface area contributed by atoms with Crippen LogP contribution in [-0.2, 0) is 0 Å². The van der Waals surface area contributed by atoms with Crippen molar-refractivity contribution < 1.29 is 4.79 Å². The van der Waals surface area contributed by atoms with Crippen LogP contribution in [0.4, 0.5) is 0 Å². The second-order valence-electron chi connectivity index (χ2n) is 7.01. The average molecular weight is 297 g/mol. The lowest BCUT2D eigenvalue weighted by Crippen LogP contribution is -2.42. The van der Waals surface area contributed by atoms with E-state index in [1.807, 2.05) is 6.07 Å². The van der Waals surface area contributed by atoms with Crippen molar-refractivity contribution in [1.82, 2.24) is 4.90 Å². The van der Waals surface area contributed by atoms with E-state index in [4.69, 9.17) is 0 Å². The molecule has 21 heavy (non-hydrogen) atoms. The Morgan fingerprint density at radius 2 is 2.10 bits per heavy atom. The first kappa shape index (κ1) is 12.2. The van der Waals surface area contributed by atoms with Gasteiger partial charge in [0.25, 0.3) is 5.91 Å². The number of rotatable bonds is 1. The molecule has 108 valence electrons. The van der Waals surface area contributed by atoms with E-state index in [1.165, 1.54) is 35.8 Å². The van der Waals surface area contributed by atoms with Crippen LogP contribution in [0.3, 0.4) is 0 Å². The lowest BCUT2D eigenvalue weighted by Gasteiger charge is -2.42. The fraction of sp³-hybridized carbons (Fsp3) is 0.500. The molecule has 6 rings (SSSR count). The van der Waals surface area contributed by atoms with Gasteiger partial charge in [0, 0.05) is 17.3 Å². The number of fused-ring (bicyclic) bond motifs is 2. The Hall–Kier alpha value is -1.35. The van der Waals surface area contributed by atoms with Gasteiger partial charge in [0.15, 0.2) is 0 Å². The van der Waals surface area contributed by atoms with Crippen molar-refractivity contribution in [3.8, 4) is 0 Å². The zero-order chi connectivity index (χ0) is 14.0. The van der Waals surface area contributed by atoms with Gasteiger partial charge in [0.05, 0.1) is 4.88 Å². The Bertz CT molecular complexity index is 688. The van der Waals surface area contributed by atoms with Crippen molar-refractivity contribution >= 4 is 27.3 Å². The number of nitrogens with zero attached hydrogens (tertiary/aromatic N) is 1. The minimum atomic E-state index is 0.288. The average Bonchev–Trinajstić information content (AvgIpc) is 3.06. The Morgan fingerprint density at radius 1 is 1.19 bits per heavy atom. The van der Waals surface area contributed by atoms with Crippen molar-refractivity contribution in [1.29, 1.82) is 0 Å². The molecule has 1 aliphatic heterocycles. The van der Waals surface area contributed by atoms with Crippen LogP contribution in [0.1, 0.15) is 35.4 Å². The molecular weight excluding hydrogens is 278 g/mol. The molecule has 1 aromatic heterocycles. The van der Waals surface area contributed by atoms with Gasteiger partial charge < -0.3 is 4.90 Å².